The van der Waals surface area contributed by atoms with Gasteiger partial charge < -0.3 is 10.6 Å². The monoisotopic (exact) mass is 308 g/mol. The molecule has 0 radical (unpaired) electrons. The molecule has 112 valence electrons. The SMILES string of the molecule is Cl.O=C(Nc1cccc(-n2cnnn2)c1)[C@@H]1CCCNC1. The van der Waals surface area contributed by atoms with E-state index in [0.717, 1.165) is 37.3 Å². The molecule has 0 spiro atoms. The van der Waals surface area contributed by atoms with Crippen LogP contribution in [0.15, 0.2) is 30.6 Å². The van der Waals surface area contributed by atoms with E-state index in [-0.39, 0.29) is 24.2 Å². The van der Waals surface area contributed by atoms with Crippen molar-refractivity contribution >= 4 is 24.0 Å². The molecule has 1 amide bonds. The van der Waals surface area contributed by atoms with Crippen molar-refractivity contribution in [1.82, 2.24) is 25.5 Å². The summed E-state index contributed by atoms with van der Waals surface area (Å²) in [7, 11) is 0. The first kappa shape index (κ1) is 15.4. The molecule has 7 nitrogen and oxygen atoms in total. The smallest absolute Gasteiger partial charge is 0.228 e. The molecular formula is C13H17ClN6O. The molecule has 0 unspecified atom stereocenters. The fraction of sp³-hybridized carbons (Fsp3) is 0.385. The molecule has 1 aliphatic heterocycles. The van der Waals surface area contributed by atoms with Gasteiger partial charge in [-0.05, 0) is 48.0 Å². The van der Waals surface area contributed by atoms with Crippen molar-refractivity contribution in [2.24, 2.45) is 5.92 Å². The van der Waals surface area contributed by atoms with Crippen molar-refractivity contribution in [2.45, 2.75) is 12.8 Å². The third-order valence-electron chi connectivity index (χ3n) is 3.39. The topological polar surface area (TPSA) is 84.7 Å². The summed E-state index contributed by atoms with van der Waals surface area (Å²) in [5.41, 5.74) is 1.57. The highest BCUT2D eigenvalue weighted by Gasteiger charge is 2.20. The maximum atomic E-state index is 12.2. The van der Waals surface area contributed by atoms with Crippen LogP contribution in [0.5, 0.6) is 0 Å². The highest BCUT2D eigenvalue weighted by Crippen LogP contribution is 2.16. The van der Waals surface area contributed by atoms with E-state index in [1.54, 1.807) is 4.68 Å². The van der Waals surface area contributed by atoms with Crippen molar-refractivity contribution in [1.29, 1.82) is 0 Å². The minimum absolute atomic E-state index is 0. The molecule has 0 bridgehead atoms. The van der Waals surface area contributed by atoms with Gasteiger partial charge in [-0.1, -0.05) is 6.07 Å². The summed E-state index contributed by atoms with van der Waals surface area (Å²) >= 11 is 0. The second kappa shape index (κ2) is 7.14. The number of carbonyl (C=O) groups is 1. The van der Waals surface area contributed by atoms with E-state index in [0.29, 0.717) is 0 Å². The summed E-state index contributed by atoms with van der Waals surface area (Å²) in [6.45, 7) is 1.75. The minimum Gasteiger partial charge on any atom is -0.326 e. The first-order chi connectivity index (χ1) is 9.83. The quantitative estimate of drug-likeness (QED) is 0.884. The van der Waals surface area contributed by atoms with Crippen LogP contribution in [0, 0.1) is 5.92 Å². The fourth-order valence-electron chi connectivity index (χ4n) is 2.33. The summed E-state index contributed by atoms with van der Waals surface area (Å²) < 4.78 is 1.55. The molecule has 1 aromatic carbocycles. The van der Waals surface area contributed by atoms with Gasteiger partial charge in [0.1, 0.15) is 6.33 Å². The van der Waals surface area contributed by atoms with Gasteiger partial charge in [0.25, 0.3) is 0 Å². The number of piperidine rings is 1. The molecule has 1 saturated heterocycles. The highest BCUT2D eigenvalue weighted by molar-refractivity contribution is 5.93. The number of aromatic nitrogens is 4. The Morgan fingerprint density at radius 1 is 1.43 bits per heavy atom. The van der Waals surface area contributed by atoms with Gasteiger partial charge >= 0.3 is 0 Å². The van der Waals surface area contributed by atoms with Crippen LogP contribution < -0.4 is 10.6 Å². The van der Waals surface area contributed by atoms with Gasteiger partial charge in [-0.15, -0.1) is 17.5 Å². The fourth-order valence-corrected chi connectivity index (χ4v) is 2.33. The number of hydrogen-bond acceptors (Lipinski definition) is 5. The average molecular weight is 309 g/mol. The van der Waals surface area contributed by atoms with Gasteiger partial charge in [0.15, 0.2) is 0 Å². The molecule has 1 aliphatic rings. The van der Waals surface area contributed by atoms with E-state index in [4.69, 9.17) is 0 Å². The Hall–Kier alpha value is -1.99. The van der Waals surface area contributed by atoms with Gasteiger partial charge in [-0.25, -0.2) is 4.68 Å². The third kappa shape index (κ3) is 3.77. The normalized spacial score (nSPS) is 17.8. The second-order valence-corrected chi connectivity index (χ2v) is 4.84. The Balaban J connectivity index is 0.00000161. The van der Waals surface area contributed by atoms with E-state index >= 15 is 0 Å². The number of anilines is 1. The number of halogens is 1. The molecule has 8 heteroatoms. The van der Waals surface area contributed by atoms with Gasteiger partial charge in [0.05, 0.1) is 11.6 Å². The third-order valence-corrected chi connectivity index (χ3v) is 3.39. The molecule has 2 N–H and O–H groups in total. The van der Waals surface area contributed by atoms with Crippen LogP contribution >= 0.6 is 12.4 Å². The van der Waals surface area contributed by atoms with E-state index < -0.39 is 0 Å². The van der Waals surface area contributed by atoms with Crippen LogP contribution in [0.3, 0.4) is 0 Å². The van der Waals surface area contributed by atoms with Crippen LogP contribution in [0.1, 0.15) is 12.8 Å². The van der Waals surface area contributed by atoms with Gasteiger partial charge in [0, 0.05) is 12.2 Å². The lowest BCUT2D eigenvalue weighted by Gasteiger charge is -2.21. The standard InChI is InChI=1S/C13H16N6O.ClH/c20-13(10-3-2-6-14-8-10)16-11-4-1-5-12(7-11)19-9-15-17-18-19;/h1,4-5,7,9-10,14H,2-3,6,8H2,(H,16,20);1H/t10-;/m1./s1. The van der Waals surface area contributed by atoms with Crippen LogP contribution in [-0.4, -0.2) is 39.2 Å². The summed E-state index contributed by atoms with van der Waals surface area (Å²) in [5.74, 6) is 0.103. The van der Waals surface area contributed by atoms with Gasteiger partial charge in [-0.2, -0.15) is 0 Å². The number of benzene rings is 1. The lowest BCUT2D eigenvalue weighted by atomic mass is 9.99. The molecule has 2 aromatic rings. The van der Waals surface area contributed by atoms with Crippen LogP contribution in [0.25, 0.3) is 5.69 Å². The Kier molecular flexibility index (Phi) is 5.24. The molecule has 0 aliphatic carbocycles. The van der Waals surface area contributed by atoms with Crippen molar-refractivity contribution in [3.8, 4) is 5.69 Å². The highest BCUT2D eigenvalue weighted by atomic mass is 35.5. The zero-order valence-corrected chi connectivity index (χ0v) is 12.2. The summed E-state index contributed by atoms with van der Waals surface area (Å²) in [5, 5.41) is 17.2. The Bertz CT molecular complexity index is 582. The zero-order chi connectivity index (χ0) is 13.8. The van der Waals surface area contributed by atoms with E-state index in [9.17, 15) is 4.79 Å². The van der Waals surface area contributed by atoms with Crippen molar-refractivity contribution < 1.29 is 4.79 Å². The molecule has 1 fully saturated rings. The Morgan fingerprint density at radius 3 is 3.05 bits per heavy atom. The molecule has 1 aromatic heterocycles. The summed E-state index contributed by atoms with van der Waals surface area (Å²) in [6.07, 6.45) is 3.50. The Labute approximate surface area is 128 Å². The zero-order valence-electron chi connectivity index (χ0n) is 11.4. The molecule has 3 rings (SSSR count). The number of nitrogens with one attached hydrogen (secondary N) is 2. The number of nitrogens with zero attached hydrogens (tertiary/aromatic N) is 4. The summed E-state index contributed by atoms with van der Waals surface area (Å²) in [6, 6.07) is 7.46. The Morgan fingerprint density at radius 2 is 2.33 bits per heavy atom. The lowest BCUT2D eigenvalue weighted by molar-refractivity contribution is -0.120. The number of amides is 1. The maximum absolute atomic E-state index is 12.2. The molecule has 2 heterocycles. The van der Waals surface area contributed by atoms with E-state index in [2.05, 4.69) is 26.2 Å². The van der Waals surface area contributed by atoms with Gasteiger partial charge in [-0.3, -0.25) is 4.79 Å². The first-order valence-corrected chi connectivity index (χ1v) is 6.68. The van der Waals surface area contributed by atoms with E-state index in [1.807, 2.05) is 24.3 Å². The van der Waals surface area contributed by atoms with Gasteiger partial charge in [0.2, 0.25) is 5.91 Å². The lowest BCUT2D eigenvalue weighted by Crippen LogP contribution is -2.37. The number of hydrogen-bond donors (Lipinski definition) is 2. The van der Waals surface area contributed by atoms with E-state index in [1.165, 1.54) is 6.33 Å². The first-order valence-electron chi connectivity index (χ1n) is 6.68. The minimum atomic E-state index is 0. The number of rotatable bonds is 3. The summed E-state index contributed by atoms with van der Waals surface area (Å²) in [4.78, 5) is 12.2. The van der Waals surface area contributed by atoms with Crippen LogP contribution in [0.2, 0.25) is 0 Å². The molecular weight excluding hydrogens is 292 g/mol. The number of carbonyl (C=O) groups excluding carboxylic acids is 1. The predicted octanol–water partition coefficient (Wildman–Crippen LogP) is 1.02. The van der Waals surface area contributed by atoms with Crippen molar-refractivity contribution in [3.63, 3.8) is 0 Å². The molecule has 0 saturated carbocycles. The predicted molar refractivity (Wildman–Crippen MR) is 80.6 cm³/mol. The molecule has 21 heavy (non-hydrogen) atoms. The van der Waals surface area contributed by atoms with Crippen molar-refractivity contribution in [2.75, 3.05) is 18.4 Å². The van der Waals surface area contributed by atoms with Crippen LogP contribution in [0.4, 0.5) is 5.69 Å². The average Bonchev–Trinajstić information content (AvgIpc) is 3.03. The maximum Gasteiger partial charge on any atom is 0.228 e. The molecule has 1 atom stereocenters. The van der Waals surface area contributed by atoms with Crippen LogP contribution in [-0.2, 0) is 4.79 Å². The largest absolute Gasteiger partial charge is 0.326 e. The second-order valence-electron chi connectivity index (χ2n) is 4.84. The van der Waals surface area contributed by atoms with Crippen molar-refractivity contribution in [3.05, 3.63) is 30.6 Å². The number of tetrazole rings is 1.